The van der Waals surface area contributed by atoms with Crippen LogP contribution in [0.3, 0.4) is 0 Å². The van der Waals surface area contributed by atoms with Crippen molar-refractivity contribution in [1.29, 1.82) is 0 Å². The van der Waals surface area contributed by atoms with E-state index in [1.165, 1.54) is 6.42 Å². The molecule has 3 heteroatoms. The van der Waals surface area contributed by atoms with Crippen LogP contribution < -0.4 is 0 Å². The van der Waals surface area contributed by atoms with E-state index in [1.54, 1.807) is 0 Å². The first kappa shape index (κ1) is 6.13. The minimum atomic E-state index is -0.182. The summed E-state index contributed by atoms with van der Waals surface area (Å²) in [6.07, 6.45) is 4.34. The summed E-state index contributed by atoms with van der Waals surface area (Å²) in [5.41, 5.74) is 0. The fourth-order valence-corrected chi connectivity index (χ4v) is 2.47. The molecule has 0 spiro atoms. The van der Waals surface area contributed by atoms with E-state index in [1.807, 2.05) is 0 Å². The van der Waals surface area contributed by atoms with E-state index in [2.05, 4.69) is 0 Å². The Bertz CT molecular complexity index is 169. The Labute approximate surface area is 59.6 Å². The van der Waals surface area contributed by atoms with Crippen LogP contribution in [0.4, 0.5) is 0 Å². The lowest BCUT2D eigenvalue weighted by Crippen LogP contribution is -2.25. The third-order valence-electron chi connectivity index (χ3n) is 2.97. The van der Waals surface area contributed by atoms with E-state index in [9.17, 15) is 10.1 Å². The predicted octanol–water partition coefficient (Wildman–Crippen LogP) is 1.45. The first-order valence-corrected chi connectivity index (χ1v) is 3.91. The monoisotopic (exact) mass is 141 g/mol. The minimum absolute atomic E-state index is 0.0795. The highest BCUT2D eigenvalue weighted by Gasteiger charge is 2.46. The maximum Gasteiger partial charge on any atom is 0.216 e. The Kier molecular flexibility index (Phi) is 1.19. The van der Waals surface area contributed by atoms with Crippen LogP contribution in [0.25, 0.3) is 0 Å². The Morgan fingerprint density at radius 1 is 1.30 bits per heavy atom. The molecule has 10 heavy (non-hydrogen) atoms. The van der Waals surface area contributed by atoms with Gasteiger partial charge in [0.1, 0.15) is 0 Å². The van der Waals surface area contributed by atoms with E-state index in [4.69, 9.17) is 0 Å². The van der Waals surface area contributed by atoms with Gasteiger partial charge in [0.05, 0.1) is 0 Å². The molecule has 2 bridgehead atoms. The Balaban J connectivity index is 2.08. The van der Waals surface area contributed by atoms with E-state index in [-0.39, 0.29) is 11.0 Å². The van der Waals surface area contributed by atoms with Gasteiger partial charge in [0, 0.05) is 17.3 Å². The quantitative estimate of drug-likeness (QED) is 0.409. The van der Waals surface area contributed by atoms with Crippen LogP contribution in [0.15, 0.2) is 0 Å². The molecule has 3 nitrogen and oxygen atoms in total. The number of rotatable bonds is 1. The van der Waals surface area contributed by atoms with Crippen LogP contribution >= 0.6 is 0 Å². The minimum Gasteiger partial charge on any atom is -0.264 e. The second-order valence-corrected chi connectivity index (χ2v) is 3.53. The Morgan fingerprint density at radius 3 is 2.40 bits per heavy atom. The highest BCUT2D eigenvalue weighted by atomic mass is 16.6. The number of hydrogen-bond acceptors (Lipinski definition) is 2. The van der Waals surface area contributed by atoms with Crippen LogP contribution in [0.5, 0.6) is 0 Å². The van der Waals surface area contributed by atoms with Crippen molar-refractivity contribution < 1.29 is 4.92 Å². The Morgan fingerprint density at radius 2 is 2.10 bits per heavy atom. The lowest BCUT2D eigenvalue weighted by molar-refractivity contribution is -0.530. The van der Waals surface area contributed by atoms with Gasteiger partial charge in [-0.05, 0) is 25.2 Å². The molecule has 2 saturated carbocycles. The number of hydrogen-bond donors (Lipinski definition) is 0. The van der Waals surface area contributed by atoms with Crippen molar-refractivity contribution in [2.24, 2.45) is 11.8 Å². The van der Waals surface area contributed by atoms with Gasteiger partial charge >= 0.3 is 0 Å². The van der Waals surface area contributed by atoms with Crippen molar-refractivity contribution in [2.75, 3.05) is 0 Å². The van der Waals surface area contributed by atoms with Crippen molar-refractivity contribution >= 4 is 0 Å². The molecular weight excluding hydrogens is 130 g/mol. The van der Waals surface area contributed by atoms with Crippen LogP contribution in [-0.4, -0.2) is 11.0 Å². The molecule has 0 N–H and O–H groups in total. The van der Waals surface area contributed by atoms with Crippen molar-refractivity contribution in [1.82, 2.24) is 0 Å². The lowest BCUT2D eigenvalue weighted by Gasteiger charge is -2.13. The maximum atomic E-state index is 10.4. The second kappa shape index (κ2) is 1.94. The maximum absolute atomic E-state index is 10.4. The highest BCUT2D eigenvalue weighted by Crippen LogP contribution is 2.45. The lowest BCUT2D eigenvalue weighted by atomic mass is 9.96. The largest absolute Gasteiger partial charge is 0.264 e. The molecule has 2 aliphatic rings. The number of nitro groups is 1. The molecule has 0 aromatic heterocycles. The van der Waals surface area contributed by atoms with Crippen molar-refractivity contribution in [2.45, 2.75) is 31.7 Å². The first-order valence-electron chi connectivity index (χ1n) is 3.91. The van der Waals surface area contributed by atoms with E-state index in [0.717, 1.165) is 19.3 Å². The molecule has 0 heterocycles. The van der Waals surface area contributed by atoms with Crippen LogP contribution in [-0.2, 0) is 0 Å². The zero-order valence-corrected chi connectivity index (χ0v) is 5.82. The molecule has 0 unspecified atom stereocenters. The average molecular weight is 141 g/mol. The highest BCUT2D eigenvalue weighted by molar-refractivity contribution is 4.90. The SMILES string of the molecule is O=[N+]([O-])[C@H]1C[C@@H]2CC[C@H]1C2. The zero-order chi connectivity index (χ0) is 7.14. The molecule has 56 valence electrons. The van der Waals surface area contributed by atoms with Crippen LogP contribution in [0, 0.1) is 22.0 Å². The van der Waals surface area contributed by atoms with Gasteiger partial charge < -0.3 is 0 Å². The fraction of sp³-hybridized carbons (Fsp3) is 1.00. The molecular formula is C7H11NO2. The van der Waals surface area contributed by atoms with Gasteiger partial charge in [-0.2, -0.15) is 0 Å². The van der Waals surface area contributed by atoms with Crippen molar-refractivity contribution in [3.8, 4) is 0 Å². The first-order chi connectivity index (χ1) is 4.77. The van der Waals surface area contributed by atoms with Gasteiger partial charge in [0.25, 0.3) is 0 Å². The summed E-state index contributed by atoms with van der Waals surface area (Å²) in [6, 6.07) is -0.182. The summed E-state index contributed by atoms with van der Waals surface area (Å²) in [5.74, 6) is 1.13. The molecule has 0 aromatic rings. The molecule has 2 aliphatic carbocycles. The summed E-state index contributed by atoms with van der Waals surface area (Å²) < 4.78 is 0. The van der Waals surface area contributed by atoms with Crippen molar-refractivity contribution in [3.63, 3.8) is 0 Å². The summed E-state index contributed by atoms with van der Waals surface area (Å²) in [6.45, 7) is 0. The summed E-state index contributed by atoms with van der Waals surface area (Å²) in [5, 5.41) is 10.4. The summed E-state index contributed by atoms with van der Waals surface area (Å²) in [7, 11) is 0. The third kappa shape index (κ3) is 0.728. The fourth-order valence-electron chi connectivity index (χ4n) is 2.47. The molecule has 2 rings (SSSR count). The van der Waals surface area contributed by atoms with Crippen LogP contribution in [0.2, 0.25) is 0 Å². The third-order valence-corrected chi connectivity index (χ3v) is 2.97. The van der Waals surface area contributed by atoms with Crippen LogP contribution in [0.1, 0.15) is 25.7 Å². The van der Waals surface area contributed by atoms with Crippen molar-refractivity contribution in [3.05, 3.63) is 10.1 Å². The molecule has 2 fully saturated rings. The molecule has 0 amide bonds. The molecule has 3 atom stereocenters. The molecule has 0 saturated heterocycles. The van der Waals surface area contributed by atoms with Gasteiger partial charge in [0.15, 0.2) is 0 Å². The molecule has 0 aliphatic heterocycles. The summed E-state index contributed by atoms with van der Waals surface area (Å²) in [4.78, 5) is 10.3. The zero-order valence-electron chi connectivity index (χ0n) is 5.82. The van der Waals surface area contributed by atoms with Gasteiger partial charge in [-0.15, -0.1) is 0 Å². The van der Waals surface area contributed by atoms with Gasteiger partial charge in [-0.3, -0.25) is 10.1 Å². The number of fused-ring (bicyclic) bond motifs is 2. The second-order valence-electron chi connectivity index (χ2n) is 3.53. The predicted molar refractivity (Wildman–Crippen MR) is 36.2 cm³/mol. The van der Waals surface area contributed by atoms with E-state index >= 15 is 0 Å². The topological polar surface area (TPSA) is 43.1 Å². The van der Waals surface area contributed by atoms with Gasteiger partial charge in [-0.1, -0.05) is 0 Å². The van der Waals surface area contributed by atoms with Gasteiger partial charge in [-0.25, -0.2) is 0 Å². The average Bonchev–Trinajstić information content (AvgIpc) is 2.44. The Hall–Kier alpha value is -0.600. The van der Waals surface area contributed by atoms with E-state index < -0.39 is 0 Å². The summed E-state index contributed by atoms with van der Waals surface area (Å²) >= 11 is 0. The smallest absolute Gasteiger partial charge is 0.216 e. The standard InChI is InChI=1S/C7H11NO2/c9-8(10)7-4-5-1-2-6(7)3-5/h5-7H,1-4H2/t5-,6+,7+/m1/s1. The van der Waals surface area contributed by atoms with Gasteiger partial charge in [0.2, 0.25) is 6.04 Å². The van der Waals surface area contributed by atoms with E-state index in [0.29, 0.717) is 11.8 Å². The molecule has 0 radical (unpaired) electrons. The number of nitrogens with zero attached hydrogens (tertiary/aromatic N) is 1. The molecule has 0 aromatic carbocycles. The normalized spacial score (nSPS) is 44.2.